The highest BCUT2D eigenvalue weighted by Crippen LogP contribution is 2.45. The largest absolute Gasteiger partial charge is 0.349 e. The summed E-state index contributed by atoms with van der Waals surface area (Å²) in [5.41, 5.74) is 2.44. The molecule has 3 heterocycles. The SMILES string of the molecule is C[C@]12C[C@@H](c3ccccc3)N(Cc3ccncc3)[C@H]1CCCC(=O)N2. The highest BCUT2D eigenvalue weighted by Gasteiger charge is 2.50. The molecule has 1 N–H and O–H groups in total. The fourth-order valence-electron chi connectivity index (χ4n) is 4.60. The van der Waals surface area contributed by atoms with Gasteiger partial charge in [0.2, 0.25) is 5.91 Å². The van der Waals surface area contributed by atoms with Gasteiger partial charge in [0, 0.05) is 37.4 Å². The maximum Gasteiger partial charge on any atom is 0.220 e. The van der Waals surface area contributed by atoms with E-state index in [0.29, 0.717) is 18.5 Å². The Hall–Kier alpha value is -2.20. The molecule has 4 rings (SSSR count). The Bertz CT molecular complexity index is 733. The number of fused-ring (bicyclic) bond motifs is 1. The first-order valence-corrected chi connectivity index (χ1v) is 9.16. The Kier molecular flexibility index (Phi) is 4.30. The maximum atomic E-state index is 12.2. The molecule has 0 aliphatic carbocycles. The molecular weight excluding hydrogens is 310 g/mol. The van der Waals surface area contributed by atoms with E-state index in [1.165, 1.54) is 11.1 Å². The summed E-state index contributed by atoms with van der Waals surface area (Å²) in [7, 11) is 0. The molecule has 2 aliphatic rings. The van der Waals surface area contributed by atoms with Crippen LogP contribution < -0.4 is 5.32 Å². The maximum absolute atomic E-state index is 12.2. The van der Waals surface area contributed by atoms with Gasteiger partial charge in [0.15, 0.2) is 0 Å². The Morgan fingerprint density at radius 3 is 2.72 bits per heavy atom. The van der Waals surface area contributed by atoms with Crippen LogP contribution in [0.3, 0.4) is 0 Å². The van der Waals surface area contributed by atoms with E-state index in [9.17, 15) is 4.79 Å². The topological polar surface area (TPSA) is 45.2 Å². The van der Waals surface area contributed by atoms with Gasteiger partial charge in [0.05, 0.1) is 5.54 Å². The van der Waals surface area contributed by atoms with Crippen molar-refractivity contribution in [2.75, 3.05) is 0 Å². The average molecular weight is 335 g/mol. The van der Waals surface area contributed by atoms with Gasteiger partial charge in [-0.05, 0) is 49.4 Å². The monoisotopic (exact) mass is 335 g/mol. The van der Waals surface area contributed by atoms with E-state index in [0.717, 1.165) is 25.8 Å². The van der Waals surface area contributed by atoms with E-state index >= 15 is 0 Å². The quantitative estimate of drug-likeness (QED) is 0.934. The zero-order chi connectivity index (χ0) is 17.3. The average Bonchev–Trinajstić information content (AvgIpc) is 2.79. The number of benzene rings is 1. The number of carbonyl (C=O) groups excluding carboxylic acids is 1. The third-order valence-corrected chi connectivity index (χ3v) is 5.76. The molecule has 0 saturated carbocycles. The molecule has 2 aromatic rings. The Morgan fingerprint density at radius 2 is 1.96 bits per heavy atom. The number of hydrogen-bond donors (Lipinski definition) is 1. The van der Waals surface area contributed by atoms with Gasteiger partial charge < -0.3 is 5.32 Å². The van der Waals surface area contributed by atoms with Crippen molar-refractivity contribution in [3.05, 3.63) is 66.0 Å². The Morgan fingerprint density at radius 1 is 1.20 bits per heavy atom. The number of nitrogens with zero attached hydrogens (tertiary/aromatic N) is 2. The molecule has 0 radical (unpaired) electrons. The smallest absolute Gasteiger partial charge is 0.220 e. The second-order valence-corrected chi connectivity index (χ2v) is 7.53. The molecular formula is C21H25N3O. The third kappa shape index (κ3) is 3.19. The molecule has 2 saturated heterocycles. The molecule has 25 heavy (non-hydrogen) atoms. The fraction of sp³-hybridized carbons (Fsp3) is 0.429. The molecule has 2 fully saturated rings. The summed E-state index contributed by atoms with van der Waals surface area (Å²) in [4.78, 5) is 18.9. The zero-order valence-electron chi connectivity index (χ0n) is 14.7. The van der Waals surface area contributed by atoms with Crippen LogP contribution in [0.2, 0.25) is 0 Å². The number of carbonyl (C=O) groups is 1. The van der Waals surface area contributed by atoms with Gasteiger partial charge in [0.25, 0.3) is 0 Å². The fourth-order valence-corrected chi connectivity index (χ4v) is 4.60. The van der Waals surface area contributed by atoms with Crippen LogP contribution in [0, 0.1) is 0 Å². The summed E-state index contributed by atoms with van der Waals surface area (Å²) < 4.78 is 0. The van der Waals surface area contributed by atoms with Crippen LogP contribution >= 0.6 is 0 Å². The van der Waals surface area contributed by atoms with Crippen molar-refractivity contribution in [2.24, 2.45) is 0 Å². The van der Waals surface area contributed by atoms with Gasteiger partial charge >= 0.3 is 0 Å². The third-order valence-electron chi connectivity index (χ3n) is 5.76. The molecule has 0 unspecified atom stereocenters. The van der Waals surface area contributed by atoms with Crippen molar-refractivity contribution in [3.63, 3.8) is 0 Å². The number of pyridine rings is 1. The molecule has 1 amide bonds. The number of rotatable bonds is 3. The zero-order valence-corrected chi connectivity index (χ0v) is 14.7. The minimum atomic E-state index is -0.166. The predicted octanol–water partition coefficient (Wildman–Crippen LogP) is 3.46. The summed E-state index contributed by atoms with van der Waals surface area (Å²) in [5, 5.41) is 3.34. The van der Waals surface area contributed by atoms with Gasteiger partial charge in [-0.3, -0.25) is 14.7 Å². The first-order valence-electron chi connectivity index (χ1n) is 9.16. The van der Waals surface area contributed by atoms with Gasteiger partial charge in [0.1, 0.15) is 0 Å². The van der Waals surface area contributed by atoms with Crippen molar-refractivity contribution >= 4 is 5.91 Å². The highest BCUT2D eigenvalue weighted by molar-refractivity contribution is 5.77. The molecule has 3 atom stereocenters. The van der Waals surface area contributed by atoms with Crippen LogP contribution in [0.25, 0.3) is 0 Å². The molecule has 0 bridgehead atoms. The number of nitrogens with one attached hydrogen (secondary N) is 1. The van der Waals surface area contributed by atoms with Crippen molar-refractivity contribution in [2.45, 2.75) is 56.8 Å². The summed E-state index contributed by atoms with van der Waals surface area (Å²) >= 11 is 0. The summed E-state index contributed by atoms with van der Waals surface area (Å²) in [6, 6.07) is 15.6. The Labute approximate surface area is 149 Å². The van der Waals surface area contributed by atoms with E-state index in [-0.39, 0.29) is 11.4 Å². The molecule has 0 spiro atoms. The van der Waals surface area contributed by atoms with Crippen LogP contribution in [-0.4, -0.2) is 27.4 Å². The number of amides is 1. The first-order chi connectivity index (χ1) is 12.2. The second-order valence-electron chi connectivity index (χ2n) is 7.53. The van der Waals surface area contributed by atoms with Crippen molar-refractivity contribution in [1.29, 1.82) is 0 Å². The van der Waals surface area contributed by atoms with Crippen LogP contribution in [0.4, 0.5) is 0 Å². The molecule has 4 heteroatoms. The predicted molar refractivity (Wildman–Crippen MR) is 97.8 cm³/mol. The van der Waals surface area contributed by atoms with Gasteiger partial charge in [-0.25, -0.2) is 0 Å². The summed E-state index contributed by atoms with van der Waals surface area (Å²) in [6.07, 6.45) is 7.34. The van der Waals surface area contributed by atoms with Gasteiger partial charge in [-0.1, -0.05) is 30.3 Å². The number of hydrogen-bond acceptors (Lipinski definition) is 3. The van der Waals surface area contributed by atoms with E-state index < -0.39 is 0 Å². The van der Waals surface area contributed by atoms with Gasteiger partial charge in [-0.2, -0.15) is 0 Å². The molecule has 1 aromatic carbocycles. The van der Waals surface area contributed by atoms with Crippen LogP contribution in [0.15, 0.2) is 54.9 Å². The molecule has 130 valence electrons. The van der Waals surface area contributed by atoms with E-state index in [4.69, 9.17) is 0 Å². The van der Waals surface area contributed by atoms with Gasteiger partial charge in [-0.15, -0.1) is 0 Å². The normalized spacial score (nSPS) is 29.7. The second kappa shape index (κ2) is 6.60. The minimum Gasteiger partial charge on any atom is -0.349 e. The van der Waals surface area contributed by atoms with E-state index in [1.807, 2.05) is 12.4 Å². The highest BCUT2D eigenvalue weighted by atomic mass is 16.1. The molecule has 4 nitrogen and oxygen atoms in total. The van der Waals surface area contributed by atoms with E-state index in [2.05, 4.69) is 64.6 Å². The van der Waals surface area contributed by atoms with Crippen LogP contribution in [0.5, 0.6) is 0 Å². The number of likely N-dealkylation sites (tertiary alicyclic amines) is 1. The lowest BCUT2D eigenvalue weighted by Crippen LogP contribution is -2.52. The standard InChI is InChI=1S/C21H25N3O/c1-21-14-18(17-6-3-2-4-7-17)24(15-16-10-12-22-13-11-16)19(21)8-5-9-20(25)23-21/h2-4,6-7,10-13,18-19H,5,8-9,14-15H2,1H3,(H,23,25)/t18-,19-,21-/m0/s1. The lowest BCUT2D eigenvalue weighted by Gasteiger charge is -2.35. The number of aromatic nitrogens is 1. The van der Waals surface area contributed by atoms with Crippen molar-refractivity contribution in [3.8, 4) is 0 Å². The van der Waals surface area contributed by atoms with Crippen LogP contribution in [-0.2, 0) is 11.3 Å². The van der Waals surface area contributed by atoms with E-state index in [1.54, 1.807) is 0 Å². The van der Waals surface area contributed by atoms with Crippen LogP contribution in [0.1, 0.15) is 49.8 Å². The lowest BCUT2D eigenvalue weighted by molar-refractivity contribution is -0.122. The minimum absolute atomic E-state index is 0.166. The first kappa shape index (κ1) is 16.3. The van der Waals surface area contributed by atoms with Crippen molar-refractivity contribution < 1.29 is 4.79 Å². The molecule has 1 aromatic heterocycles. The summed E-state index contributed by atoms with van der Waals surface area (Å²) in [5.74, 6) is 0.197. The summed E-state index contributed by atoms with van der Waals surface area (Å²) in [6.45, 7) is 3.11. The molecule has 2 aliphatic heterocycles. The Balaban J connectivity index is 1.70. The van der Waals surface area contributed by atoms with Crippen molar-refractivity contribution in [1.82, 2.24) is 15.2 Å². The lowest BCUT2D eigenvalue weighted by atomic mass is 9.88.